The molecule has 0 bridgehead atoms. The number of halogens is 3. The molecule has 0 radical (unpaired) electrons. The van der Waals surface area contributed by atoms with Gasteiger partial charge in [-0.3, -0.25) is 0 Å². The molecule has 1 heterocycles. The van der Waals surface area contributed by atoms with Gasteiger partial charge >= 0.3 is 6.18 Å². The van der Waals surface area contributed by atoms with E-state index in [1.807, 2.05) is 0 Å². The quantitative estimate of drug-likeness (QED) is 0.829. The summed E-state index contributed by atoms with van der Waals surface area (Å²) < 4.78 is 64.5. The summed E-state index contributed by atoms with van der Waals surface area (Å²) in [6, 6.07) is 1.39. The number of hydrogen-bond donors (Lipinski definition) is 1. The second kappa shape index (κ2) is 6.80. The smallest absolute Gasteiger partial charge is 0.352 e. The van der Waals surface area contributed by atoms with Gasteiger partial charge in [-0.05, 0) is 19.5 Å². The predicted molar refractivity (Wildman–Crippen MR) is 73.3 cm³/mol. The van der Waals surface area contributed by atoms with Crippen molar-refractivity contribution in [1.29, 1.82) is 0 Å². The van der Waals surface area contributed by atoms with Crippen LogP contribution in [0.4, 0.5) is 13.2 Å². The fourth-order valence-corrected chi connectivity index (χ4v) is 3.57. The van der Waals surface area contributed by atoms with Gasteiger partial charge in [-0.25, -0.2) is 8.42 Å². The average molecular weight is 327 g/mol. The zero-order chi connectivity index (χ0) is 16.3. The number of nitrogens with zero attached hydrogens (tertiary/aromatic N) is 2. The second-order valence-corrected chi connectivity index (χ2v) is 6.70. The van der Waals surface area contributed by atoms with E-state index < -0.39 is 22.7 Å². The molecule has 1 N–H and O–H groups in total. The molecule has 0 spiro atoms. The molecule has 0 fully saturated rings. The van der Waals surface area contributed by atoms with E-state index in [9.17, 15) is 21.6 Å². The summed E-state index contributed by atoms with van der Waals surface area (Å²) in [5.74, 6) is 0. The van der Waals surface area contributed by atoms with Crippen LogP contribution in [-0.4, -0.2) is 43.6 Å². The molecule has 122 valence electrons. The third-order valence-electron chi connectivity index (χ3n) is 2.91. The largest absolute Gasteiger partial charge is 0.402 e. The molecule has 0 aromatic carbocycles. The van der Waals surface area contributed by atoms with Crippen LogP contribution < -0.4 is 5.32 Å². The molecule has 1 rings (SSSR count). The third kappa shape index (κ3) is 4.72. The van der Waals surface area contributed by atoms with Gasteiger partial charge in [-0.2, -0.15) is 17.5 Å². The summed E-state index contributed by atoms with van der Waals surface area (Å²) in [4.78, 5) is -0.118. The fourth-order valence-electron chi connectivity index (χ4n) is 1.96. The summed E-state index contributed by atoms with van der Waals surface area (Å²) in [5.41, 5.74) is 0.680. The highest BCUT2D eigenvalue weighted by Crippen LogP contribution is 2.24. The van der Waals surface area contributed by atoms with Gasteiger partial charge in [0, 0.05) is 32.0 Å². The van der Waals surface area contributed by atoms with Crippen LogP contribution in [0.2, 0.25) is 0 Å². The zero-order valence-electron chi connectivity index (χ0n) is 12.2. The van der Waals surface area contributed by atoms with Crippen LogP contribution in [0.25, 0.3) is 0 Å². The maximum absolute atomic E-state index is 12.6. The Balaban J connectivity index is 3.13. The highest BCUT2D eigenvalue weighted by Gasteiger charge is 2.37. The SMILES string of the molecule is CCCN(CC(F)(F)F)S(=O)(=O)c1cc(CNC)n(C)c1. The van der Waals surface area contributed by atoms with Crippen LogP contribution >= 0.6 is 0 Å². The van der Waals surface area contributed by atoms with Gasteiger partial charge < -0.3 is 9.88 Å². The van der Waals surface area contributed by atoms with Crippen molar-refractivity contribution in [3.05, 3.63) is 18.0 Å². The van der Waals surface area contributed by atoms with E-state index in [-0.39, 0.29) is 11.4 Å². The number of rotatable bonds is 7. The van der Waals surface area contributed by atoms with E-state index in [1.54, 1.807) is 25.6 Å². The van der Waals surface area contributed by atoms with E-state index in [2.05, 4.69) is 5.32 Å². The van der Waals surface area contributed by atoms with Gasteiger partial charge in [-0.1, -0.05) is 6.92 Å². The van der Waals surface area contributed by atoms with E-state index in [1.165, 1.54) is 12.3 Å². The lowest BCUT2D eigenvalue weighted by molar-refractivity contribution is -0.136. The molecular weight excluding hydrogens is 307 g/mol. The minimum absolute atomic E-state index is 0.118. The molecule has 0 atom stereocenters. The standard InChI is InChI=1S/C12H20F3N3O2S/c1-4-5-18(9-12(13,14)15)21(19,20)11-6-10(7-16-2)17(3)8-11/h6,8,16H,4-5,7,9H2,1-3H3. The highest BCUT2D eigenvalue weighted by atomic mass is 32.2. The Kier molecular flexibility index (Phi) is 5.83. The Labute approximate surface area is 122 Å². The first-order chi connectivity index (χ1) is 9.61. The van der Waals surface area contributed by atoms with E-state index in [4.69, 9.17) is 0 Å². The van der Waals surface area contributed by atoms with Crippen molar-refractivity contribution in [2.45, 2.75) is 31.0 Å². The number of alkyl halides is 3. The fraction of sp³-hybridized carbons (Fsp3) is 0.667. The number of sulfonamides is 1. The van der Waals surface area contributed by atoms with Crippen LogP contribution in [0, 0.1) is 0 Å². The van der Waals surface area contributed by atoms with Gasteiger partial charge in [0.05, 0.1) is 0 Å². The monoisotopic (exact) mass is 327 g/mol. The topological polar surface area (TPSA) is 54.3 Å². The molecular formula is C12H20F3N3O2S. The molecule has 0 aliphatic carbocycles. The van der Waals surface area contributed by atoms with Crippen molar-refractivity contribution < 1.29 is 21.6 Å². The first kappa shape index (κ1) is 18.0. The van der Waals surface area contributed by atoms with Crippen molar-refractivity contribution in [2.75, 3.05) is 20.1 Å². The van der Waals surface area contributed by atoms with E-state index in [0.717, 1.165) is 0 Å². The molecule has 21 heavy (non-hydrogen) atoms. The van der Waals surface area contributed by atoms with Crippen LogP contribution in [0.15, 0.2) is 17.2 Å². The Morgan fingerprint density at radius 3 is 2.48 bits per heavy atom. The molecule has 0 amide bonds. The Hall–Kier alpha value is -1.06. The first-order valence-corrected chi connectivity index (χ1v) is 7.92. The van der Waals surface area contributed by atoms with E-state index in [0.29, 0.717) is 23.0 Å². The molecule has 5 nitrogen and oxygen atoms in total. The molecule has 0 unspecified atom stereocenters. The van der Waals surface area contributed by atoms with Crippen molar-refractivity contribution in [3.63, 3.8) is 0 Å². The van der Waals surface area contributed by atoms with Crippen molar-refractivity contribution in [2.24, 2.45) is 7.05 Å². The van der Waals surface area contributed by atoms with Gasteiger partial charge in [0.2, 0.25) is 10.0 Å². The molecule has 0 saturated carbocycles. The Morgan fingerprint density at radius 2 is 2.00 bits per heavy atom. The lowest BCUT2D eigenvalue weighted by atomic mass is 10.4. The van der Waals surface area contributed by atoms with Crippen molar-refractivity contribution in [1.82, 2.24) is 14.2 Å². The minimum atomic E-state index is -4.56. The summed E-state index contributed by atoms with van der Waals surface area (Å²) >= 11 is 0. The van der Waals surface area contributed by atoms with E-state index >= 15 is 0 Å². The van der Waals surface area contributed by atoms with Crippen LogP contribution in [0.1, 0.15) is 19.0 Å². The van der Waals surface area contributed by atoms with Gasteiger partial charge in [-0.15, -0.1) is 0 Å². The number of nitrogens with one attached hydrogen (secondary N) is 1. The molecule has 1 aromatic rings. The van der Waals surface area contributed by atoms with Crippen molar-refractivity contribution >= 4 is 10.0 Å². The lowest BCUT2D eigenvalue weighted by Crippen LogP contribution is -2.39. The van der Waals surface area contributed by atoms with Crippen LogP contribution in [0.5, 0.6) is 0 Å². The van der Waals surface area contributed by atoms with Crippen LogP contribution in [0.3, 0.4) is 0 Å². The minimum Gasteiger partial charge on any atom is -0.352 e. The van der Waals surface area contributed by atoms with Crippen molar-refractivity contribution in [3.8, 4) is 0 Å². The van der Waals surface area contributed by atoms with Gasteiger partial charge in [0.1, 0.15) is 11.4 Å². The molecule has 0 aliphatic rings. The summed E-state index contributed by atoms with van der Waals surface area (Å²) in [6.07, 6.45) is -2.92. The molecule has 1 aromatic heterocycles. The van der Waals surface area contributed by atoms with Gasteiger partial charge in [0.25, 0.3) is 0 Å². The average Bonchev–Trinajstić information content (AvgIpc) is 2.70. The Bertz CT molecular complexity index is 567. The zero-order valence-corrected chi connectivity index (χ0v) is 13.1. The molecule has 9 heteroatoms. The number of hydrogen-bond acceptors (Lipinski definition) is 3. The summed E-state index contributed by atoms with van der Waals surface area (Å²) in [6.45, 7) is 0.424. The predicted octanol–water partition coefficient (Wildman–Crippen LogP) is 1.71. The normalized spacial score (nSPS) is 13.1. The maximum atomic E-state index is 12.6. The molecule has 0 aliphatic heterocycles. The summed E-state index contributed by atoms with van der Waals surface area (Å²) in [5, 5.41) is 2.87. The molecule has 0 saturated heterocycles. The second-order valence-electron chi connectivity index (χ2n) is 4.76. The van der Waals surface area contributed by atoms with Crippen LogP contribution in [-0.2, 0) is 23.6 Å². The third-order valence-corrected chi connectivity index (χ3v) is 4.72. The maximum Gasteiger partial charge on any atom is 0.402 e. The first-order valence-electron chi connectivity index (χ1n) is 6.48. The Morgan fingerprint density at radius 1 is 1.38 bits per heavy atom. The number of aromatic nitrogens is 1. The lowest BCUT2D eigenvalue weighted by Gasteiger charge is -2.22. The number of aryl methyl sites for hydroxylation is 1. The van der Waals surface area contributed by atoms with Gasteiger partial charge in [0.15, 0.2) is 0 Å². The highest BCUT2D eigenvalue weighted by molar-refractivity contribution is 7.89. The summed E-state index contributed by atoms with van der Waals surface area (Å²) in [7, 11) is -0.797.